The summed E-state index contributed by atoms with van der Waals surface area (Å²) in [5, 5.41) is 3.86. The van der Waals surface area contributed by atoms with Crippen LogP contribution >= 0.6 is 0 Å². The van der Waals surface area contributed by atoms with Crippen LogP contribution in [0.4, 0.5) is 4.79 Å². The molecular weight excluding hydrogens is 484 g/mol. The van der Waals surface area contributed by atoms with Crippen molar-refractivity contribution in [3.05, 3.63) is 34.2 Å². The van der Waals surface area contributed by atoms with E-state index in [4.69, 9.17) is 14.2 Å². The first-order chi connectivity index (χ1) is 17.4. The molecule has 38 heavy (non-hydrogen) atoms. The van der Waals surface area contributed by atoms with E-state index in [2.05, 4.69) is 33.0 Å². The van der Waals surface area contributed by atoms with Gasteiger partial charge >= 0.3 is 6.09 Å². The molecule has 0 atom stereocenters. The molecule has 1 amide bonds. The first-order valence-corrected chi connectivity index (χ1v) is 13.4. The van der Waals surface area contributed by atoms with Crippen molar-refractivity contribution < 1.29 is 23.8 Å². The Morgan fingerprint density at radius 3 is 2.16 bits per heavy atom. The van der Waals surface area contributed by atoms with Crippen molar-refractivity contribution >= 4 is 22.6 Å². The van der Waals surface area contributed by atoms with E-state index < -0.39 is 17.1 Å². The number of ketones is 1. The zero-order chi connectivity index (χ0) is 28.9. The predicted molar refractivity (Wildman–Crippen MR) is 151 cm³/mol. The molecule has 0 saturated carbocycles. The van der Waals surface area contributed by atoms with Gasteiger partial charge in [-0.05, 0) is 50.8 Å². The Balaban J connectivity index is 2.66. The zero-order valence-corrected chi connectivity index (χ0v) is 24.9. The number of nitrogens with one attached hydrogen (secondary N) is 1. The van der Waals surface area contributed by atoms with E-state index in [1.807, 2.05) is 20.8 Å². The standard InChI is InChI=1S/C30H46N2O6/c1-11-12-15-36-25-22-16-20(37-18-24(33)29(5,6)7)13-14-21(22)26(34)32(19-28(2,3)4)23(25)17-31-27(35)38-30(8,9)10/h13-14,16H,11-12,15,17-19H2,1-10H3,(H,31,35). The Morgan fingerprint density at radius 1 is 0.947 bits per heavy atom. The minimum absolute atomic E-state index is 0.0279. The number of aromatic nitrogens is 1. The van der Waals surface area contributed by atoms with Crippen LogP contribution in [0, 0.1) is 10.8 Å². The van der Waals surface area contributed by atoms with Crippen molar-refractivity contribution in [1.82, 2.24) is 9.88 Å². The Hall–Kier alpha value is -3.03. The molecule has 0 radical (unpaired) electrons. The number of hydrogen-bond donors (Lipinski definition) is 1. The smallest absolute Gasteiger partial charge is 0.407 e. The summed E-state index contributed by atoms with van der Waals surface area (Å²) in [5.74, 6) is 0.954. The highest BCUT2D eigenvalue weighted by Crippen LogP contribution is 2.33. The molecule has 0 spiro atoms. The Morgan fingerprint density at radius 2 is 1.61 bits per heavy atom. The molecule has 2 rings (SSSR count). The minimum Gasteiger partial charge on any atom is -0.491 e. The predicted octanol–water partition coefficient (Wildman–Crippen LogP) is 6.25. The molecule has 8 heteroatoms. The van der Waals surface area contributed by atoms with Crippen molar-refractivity contribution in [2.45, 2.75) is 101 Å². The van der Waals surface area contributed by atoms with E-state index in [1.54, 1.807) is 43.5 Å². The second-order valence-corrected chi connectivity index (χ2v) is 13.0. The van der Waals surface area contributed by atoms with Crippen LogP contribution in [0.5, 0.6) is 11.5 Å². The average molecular weight is 531 g/mol. The van der Waals surface area contributed by atoms with Crippen LogP contribution in [0.2, 0.25) is 0 Å². The molecule has 0 bridgehead atoms. The highest BCUT2D eigenvalue weighted by molar-refractivity contribution is 5.90. The van der Waals surface area contributed by atoms with E-state index in [-0.39, 0.29) is 29.9 Å². The van der Waals surface area contributed by atoms with Gasteiger partial charge in [-0.15, -0.1) is 0 Å². The molecule has 8 nitrogen and oxygen atoms in total. The minimum atomic E-state index is -0.657. The second kappa shape index (κ2) is 12.2. The summed E-state index contributed by atoms with van der Waals surface area (Å²) in [6.45, 7) is 20.0. The molecule has 1 aromatic carbocycles. The summed E-state index contributed by atoms with van der Waals surface area (Å²) >= 11 is 0. The first kappa shape index (κ1) is 31.2. The fourth-order valence-corrected chi connectivity index (χ4v) is 3.67. The van der Waals surface area contributed by atoms with Crippen molar-refractivity contribution in [2.75, 3.05) is 13.2 Å². The summed E-state index contributed by atoms with van der Waals surface area (Å²) in [4.78, 5) is 38.7. The van der Waals surface area contributed by atoms with E-state index >= 15 is 0 Å². The van der Waals surface area contributed by atoms with Gasteiger partial charge in [0, 0.05) is 17.3 Å². The largest absolute Gasteiger partial charge is 0.491 e. The summed E-state index contributed by atoms with van der Waals surface area (Å²) in [5.41, 5.74) is -1.02. The van der Waals surface area contributed by atoms with Crippen LogP contribution in [-0.4, -0.2) is 35.3 Å². The molecule has 0 aliphatic rings. The summed E-state index contributed by atoms with van der Waals surface area (Å²) in [6, 6.07) is 5.16. The first-order valence-electron chi connectivity index (χ1n) is 13.4. The highest BCUT2D eigenvalue weighted by atomic mass is 16.6. The number of Topliss-reactive ketones (excluding diaryl/α,β-unsaturated/α-hetero) is 1. The molecule has 2 aromatic rings. The number of nitrogens with zero attached hydrogens (tertiary/aromatic N) is 1. The van der Waals surface area contributed by atoms with Crippen LogP contribution in [0.3, 0.4) is 0 Å². The normalized spacial score (nSPS) is 12.4. The molecule has 1 heterocycles. The van der Waals surface area contributed by atoms with Crippen LogP contribution in [0.15, 0.2) is 23.0 Å². The molecule has 0 saturated heterocycles. The number of carbonyl (C=O) groups is 2. The average Bonchev–Trinajstić information content (AvgIpc) is 2.76. The maximum Gasteiger partial charge on any atom is 0.407 e. The van der Waals surface area contributed by atoms with Crippen molar-refractivity contribution in [2.24, 2.45) is 10.8 Å². The molecule has 0 aliphatic carbocycles. The van der Waals surface area contributed by atoms with Crippen molar-refractivity contribution in [3.8, 4) is 11.5 Å². The topological polar surface area (TPSA) is 95.9 Å². The number of carbonyl (C=O) groups excluding carboxylic acids is 2. The van der Waals surface area contributed by atoms with Gasteiger partial charge in [0.25, 0.3) is 5.56 Å². The number of alkyl carbamates (subject to hydrolysis) is 1. The van der Waals surface area contributed by atoms with E-state index in [1.165, 1.54) is 0 Å². The monoisotopic (exact) mass is 530 g/mol. The van der Waals surface area contributed by atoms with E-state index in [0.29, 0.717) is 41.1 Å². The lowest BCUT2D eigenvalue weighted by Gasteiger charge is -2.26. The van der Waals surface area contributed by atoms with Gasteiger partial charge < -0.3 is 24.1 Å². The molecule has 0 unspecified atom stereocenters. The lowest BCUT2D eigenvalue weighted by atomic mass is 9.91. The van der Waals surface area contributed by atoms with Crippen LogP contribution < -0.4 is 20.3 Å². The number of hydrogen-bond acceptors (Lipinski definition) is 6. The van der Waals surface area contributed by atoms with Gasteiger partial charge in [-0.25, -0.2) is 4.79 Å². The van der Waals surface area contributed by atoms with E-state index in [0.717, 1.165) is 12.8 Å². The van der Waals surface area contributed by atoms with Crippen LogP contribution in [0.1, 0.15) is 87.8 Å². The Bertz CT molecular complexity index is 1190. The summed E-state index contributed by atoms with van der Waals surface area (Å²) in [6.07, 6.45) is 1.19. The third kappa shape index (κ3) is 9.07. The van der Waals surface area contributed by atoms with Gasteiger partial charge in [0.1, 0.15) is 23.7 Å². The fourth-order valence-electron chi connectivity index (χ4n) is 3.67. The van der Waals surface area contributed by atoms with Gasteiger partial charge in [0.05, 0.1) is 24.2 Å². The number of fused-ring (bicyclic) bond motifs is 1. The second-order valence-electron chi connectivity index (χ2n) is 13.0. The fraction of sp³-hybridized carbons (Fsp3) is 0.633. The summed E-state index contributed by atoms with van der Waals surface area (Å²) in [7, 11) is 0. The molecule has 0 fully saturated rings. The maximum atomic E-state index is 13.8. The Kier molecular flexibility index (Phi) is 10.0. The SMILES string of the molecule is CCCCOc1c(CNC(=O)OC(C)(C)C)n(CC(C)(C)C)c(=O)c2ccc(OCC(=O)C(C)(C)C)cc12. The highest BCUT2D eigenvalue weighted by Gasteiger charge is 2.25. The number of unbranched alkanes of at least 4 members (excludes halogenated alkanes) is 1. The number of benzene rings is 1. The van der Waals surface area contributed by atoms with Gasteiger partial charge in [0.2, 0.25) is 0 Å². The van der Waals surface area contributed by atoms with E-state index in [9.17, 15) is 14.4 Å². The Labute approximate surface area is 227 Å². The third-order valence-electron chi connectivity index (χ3n) is 5.68. The van der Waals surface area contributed by atoms with Crippen LogP contribution in [-0.2, 0) is 22.6 Å². The zero-order valence-electron chi connectivity index (χ0n) is 24.9. The molecule has 212 valence electrons. The van der Waals surface area contributed by atoms with Gasteiger partial charge in [-0.1, -0.05) is 54.9 Å². The number of ether oxygens (including phenoxy) is 3. The molecule has 0 aliphatic heterocycles. The third-order valence-corrected chi connectivity index (χ3v) is 5.68. The molecular formula is C30H46N2O6. The maximum absolute atomic E-state index is 13.8. The number of amides is 1. The van der Waals surface area contributed by atoms with Crippen LogP contribution in [0.25, 0.3) is 10.8 Å². The molecule has 1 aromatic heterocycles. The lowest BCUT2D eigenvalue weighted by Crippen LogP contribution is -2.36. The van der Waals surface area contributed by atoms with Crippen molar-refractivity contribution in [3.63, 3.8) is 0 Å². The lowest BCUT2D eigenvalue weighted by molar-refractivity contribution is -0.128. The molecule has 1 N–H and O–H groups in total. The summed E-state index contributed by atoms with van der Waals surface area (Å²) < 4.78 is 19.2. The van der Waals surface area contributed by atoms with Gasteiger partial charge in [-0.2, -0.15) is 0 Å². The van der Waals surface area contributed by atoms with Gasteiger partial charge in [0.15, 0.2) is 5.78 Å². The quantitative estimate of drug-likeness (QED) is 0.365. The number of pyridine rings is 1. The van der Waals surface area contributed by atoms with Crippen molar-refractivity contribution in [1.29, 1.82) is 0 Å². The number of rotatable bonds is 10. The van der Waals surface area contributed by atoms with Gasteiger partial charge in [-0.3, -0.25) is 9.59 Å².